The smallest absolute Gasteiger partial charge is 0.232 e. The minimum absolute atomic E-state index is 0.0331. The van der Waals surface area contributed by atoms with Crippen LogP contribution in [0.5, 0.6) is 0 Å². The second-order valence-electron chi connectivity index (χ2n) is 8.95. The van der Waals surface area contributed by atoms with Crippen molar-refractivity contribution >= 4 is 11.8 Å². The van der Waals surface area contributed by atoms with Crippen molar-refractivity contribution in [1.29, 1.82) is 0 Å². The molecule has 3 fully saturated rings. The molecule has 1 aromatic rings. The fourth-order valence-electron chi connectivity index (χ4n) is 5.11. The molecule has 1 aromatic carbocycles. The summed E-state index contributed by atoms with van der Waals surface area (Å²) in [7, 11) is 0. The van der Waals surface area contributed by atoms with E-state index in [1.807, 2.05) is 9.80 Å². The SMILES string of the molecule is CC(C)N1C[C@H]2CN(C(=O)Cc3ccc(F)cc3)C[C@@]2(C(=O)N2CCCC2)C1. The van der Waals surface area contributed by atoms with Crippen LogP contribution in [0.2, 0.25) is 0 Å². The van der Waals surface area contributed by atoms with Crippen molar-refractivity contribution in [3.05, 3.63) is 35.6 Å². The zero-order valence-corrected chi connectivity index (χ0v) is 16.9. The third kappa shape index (κ3) is 3.43. The van der Waals surface area contributed by atoms with E-state index >= 15 is 0 Å². The van der Waals surface area contributed by atoms with Crippen molar-refractivity contribution in [2.45, 2.75) is 39.2 Å². The molecule has 0 spiro atoms. The molecule has 5 nitrogen and oxygen atoms in total. The average molecular weight is 387 g/mol. The second kappa shape index (κ2) is 7.47. The molecule has 3 aliphatic heterocycles. The molecule has 28 heavy (non-hydrogen) atoms. The molecule has 2 amide bonds. The molecule has 3 saturated heterocycles. The highest BCUT2D eigenvalue weighted by molar-refractivity contribution is 5.87. The van der Waals surface area contributed by atoms with E-state index in [1.165, 1.54) is 12.1 Å². The largest absolute Gasteiger partial charge is 0.342 e. The Morgan fingerprint density at radius 3 is 2.39 bits per heavy atom. The van der Waals surface area contributed by atoms with Gasteiger partial charge in [0, 0.05) is 51.2 Å². The third-order valence-corrected chi connectivity index (χ3v) is 6.81. The molecular formula is C22H30FN3O2. The minimum atomic E-state index is -0.465. The number of rotatable bonds is 4. The number of carbonyl (C=O) groups excluding carboxylic acids is 2. The van der Waals surface area contributed by atoms with Gasteiger partial charge in [-0.05, 0) is 44.4 Å². The molecule has 3 heterocycles. The molecule has 3 aliphatic rings. The summed E-state index contributed by atoms with van der Waals surface area (Å²) in [5, 5.41) is 0. The van der Waals surface area contributed by atoms with Gasteiger partial charge in [-0.3, -0.25) is 14.5 Å². The molecule has 0 bridgehead atoms. The quantitative estimate of drug-likeness (QED) is 0.795. The molecule has 0 N–H and O–H groups in total. The monoisotopic (exact) mass is 387 g/mol. The van der Waals surface area contributed by atoms with Gasteiger partial charge in [0.25, 0.3) is 0 Å². The number of hydrogen-bond acceptors (Lipinski definition) is 3. The van der Waals surface area contributed by atoms with Gasteiger partial charge >= 0.3 is 0 Å². The van der Waals surface area contributed by atoms with Gasteiger partial charge in [-0.15, -0.1) is 0 Å². The number of nitrogens with zero attached hydrogens (tertiary/aromatic N) is 3. The molecule has 0 saturated carbocycles. The minimum Gasteiger partial charge on any atom is -0.342 e. The normalized spacial score (nSPS) is 27.6. The van der Waals surface area contributed by atoms with Gasteiger partial charge in [-0.2, -0.15) is 0 Å². The standard InChI is InChI=1S/C22H30FN3O2/c1-16(2)25-12-18-13-26(20(27)11-17-5-7-19(23)8-6-17)15-22(18,14-25)21(28)24-9-3-4-10-24/h5-8,16,18H,3-4,9-15H2,1-2H3/t18-,22-/m0/s1. The maximum Gasteiger partial charge on any atom is 0.232 e. The van der Waals surface area contributed by atoms with E-state index in [-0.39, 0.29) is 30.0 Å². The first kappa shape index (κ1) is 19.4. The summed E-state index contributed by atoms with van der Waals surface area (Å²) in [6.07, 6.45) is 2.41. The van der Waals surface area contributed by atoms with Crippen molar-refractivity contribution in [2.24, 2.45) is 11.3 Å². The lowest BCUT2D eigenvalue weighted by molar-refractivity contribution is -0.141. The lowest BCUT2D eigenvalue weighted by Gasteiger charge is -2.33. The van der Waals surface area contributed by atoms with E-state index < -0.39 is 5.41 Å². The number of amides is 2. The zero-order valence-electron chi connectivity index (χ0n) is 16.9. The first-order valence-corrected chi connectivity index (χ1v) is 10.4. The number of hydrogen-bond donors (Lipinski definition) is 0. The van der Waals surface area contributed by atoms with Crippen LogP contribution in [-0.2, 0) is 16.0 Å². The highest BCUT2D eigenvalue weighted by Gasteiger charge is 2.59. The van der Waals surface area contributed by atoms with Crippen LogP contribution in [0.4, 0.5) is 4.39 Å². The number of carbonyl (C=O) groups is 2. The van der Waals surface area contributed by atoms with Crippen LogP contribution in [0.15, 0.2) is 24.3 Å². The van der Waals surface area contributed by atoms with Crippen LogP contribution in [0.1, 0.15) is 32.3 Å². The van der Waals surface area contributed by atoms with Crippen LogP contribution in [0.25, 0.3) is 0 Å². The van der Waals surface area contributed by atoms with E-state index in [4.69, 9.17) is 0 Å². The molecule has 0 radical (unpaired) electrons. The Bertz CT molecular complexity index is 745. The van der Waals surface area contributed by atoms with E-state index in [0.717, 1.165) is 44.6 Å². The predicted octanol–water partition coefficient (Wildman–Crippen LogP) is 2.16. The number of likely N-dealkylation sites (tertiary alicyclic amines) is 3. The molecule has 152 valence electrons. The van der Waals surface area contributed by atoms with E-state index in [9.17, 15) is 14.0 Å². The second-order valence-corrected chi connectivity index (χ2v) is 8.95. The van der Waals surface area contributed by atoms with Gasteiger partial charge < -0.3 is 9.80 Å². The highest BCUT2D eigenvalue weighted by atomic mass is 19.1. The van der Waals surface area contributed by atoms with Gasteiger partial charge in [-0.1, -0.05) is 12.1 Å². The number of halogens is 1. The van der Waals surface area contributed by atoms with E-state index in [1.54, 1.807) is 12.1 Å². The van der Waals surface area contributed by atoms with Crippen LogP contribution in [-0.4, -0.2) is 71.8 Å². The Morgan fingerprint density at radius 2 is 1.75 bits per heavy atom. The van der Waals surface area contributed by atoms with Gasteiger partial charge in [0.2, 0.25) is 11.8 Å². The summed E-state index contributed by atoms with van der Waals surface area (Å²) in [6.45, 7) is 8.80. The van der Waals surface area contributed by atoms with Crippen molar-refractivity contribution < 1.29 is 14.0 Å². The topological polar surface area (TPSA) is 43.9 Å². The van der Waals surface area contributed by atoms with Crippen LogP contribution in [0, 0.1) is 17.2 Å². The average Bonchev–Trinajstić information content (AvgIpc) is 3.37. The van der Waals surface area contributed by atoms with Crippen molar-refractivity contribution in [2.75, 3.05) is 39.3 Å². The Balaban J connectivity index is 1.51. The Hall–Kier alpha value is -1.95. The number of benzene rings is 1. The molecule has 0 aliphatic carbocycles. The van der Waals surface area contributed by atoms with Crippen molar-refractivity contribution in [3.8, 4) is 0 Å². The van der Waals surface area contributed by atoms with Crippen LogP contribution < -0.4 is 0 Å². The van der Waals surface area contributed by atoms with Gasteiger partial charge in [0.15, 0.2) is 0 Å². The van der Waals surface area contributed by atoms with Crippen molar-refractivity contribution in [1.82, 2.24) is 14.7 Å². The van der Waals surface area contributed by atoms with E-state index in [2.05, 4.69) is 18.7 Å². The molecule has 0 unspecified atom stereocenters. The summed E-state index contributed by atoms with van der Waals surface area (Å²) in [5.74, 6) is 0.178. The van der Waals surface area contributed by atoms with Crippen LogP contribution in [0.3, 0.4) is 0 Å². The fourth-order valence-corrected chi connectivity index (χ4v) is 5.11. The van der Waals surface area contributed by atoms with Gasteiger partial charge in [-0.25, -0.2) is 4.39 Å². The first-order chi connectivity index (χ1) is 13.4. The van der Waals surface area contributed by atoms with Crippen molar-refractivity contribution in [3.63, 3.8) is 0 Å². The predicted molar refractivity (Wildman–Crippen MR) is 105 cm³/mol. The number of fused-ring (bicyclic) bond motifs is 1. The Kier molecular flexibility index (Phi) is 5.17. The molecule has 0 aromatic heterocycles. The summed E-state index contributed by atoms with van der Waals surface area (Å²) >= 11 is 0. The Morgan fingerprint density at radius 1 is 1.07 bits per heavy atom. The van der Waals surface area contributed by atoms with Gasteiger partial charge in [0.05, 0.1) is 11.8 Å². The first-order valence-electron chi connectivity index (χ1n) is 10.4. The van der Waals surface area contributed by atoms with Gasteiger partial charge in [0.1, 0.15) is 5.82 Å². The highest BCUT2D eigenvalue weighted by Crippen LogP contribution is 2.45. The molecule has 4 rings (SSSR count). The Labute approximate surface area is 166 Å². The molecular weight excluding hydrogens is 357 g/mol. The molecule has 6 heteroatoms. The van der Waals surface area contributed by atoms with E-state index in [0.29, 0.717) is 19.1 Å². The third-order valence-electron chi connectivity index (χ3n) is 6.81. The summed E-state index contributed by atoms with van der Waals surface area (Å²) < 4.78 is 13.1. The lowest BCUT2D eigenvalue weighted by Crippen LogP contribution is -2.49. The summed E-state index contributed by atoms with van der Waals surface area (Å²) in [4.78, 5) is 32.7. The maximum atomic E-state index is 13.5. The lowest BCUT2D eigenvalue weighted by atomic mass is 9.79. The zero-order chi connectivity index (χ0) is 19.9. The summed E-state index contributed by atoms with van der Waals surface area (Å²) in [5.41, 5.74) is 0.347. The van der Waals surface area contributed by atoms with Crippen LogP contribution >= 0.6 is 0 Å². The fraction of sp³-hybridized carbons (Fsp3) is 0.636. The molecule has 2 atom stereocenters. The summed E-state index contributed by atoms with van der Waals surface area (Å²) in [6, 6.07) is 6.50. The maximum absolute atomic E-state index is 13.5.